The molecule has 0 bridgehead atoms. The van der Waals surface area contributed by atoms with E-state index in [2.05, 4.69) is 14.9 Å². The van der Waals surface area contributed by atoms with Crippen molar-refractivity contribution in [2.24, 2.45) is 0 Å². The molecule has 2 rings (SSSR count). The molecular formula is C14H17N3O6S. The number of hydrogen-bond acceptors (Lipinski definition) is 7. The summed E-state index contributed by atoms with van der Waals surface area (Å²) in [6.45, 7) is 1.80. The lowest BCUT2D eigenvalue weighted by Gasteiger charge is -2.10. The molecule has 1 heterocycles. The molecule has 1 aromatic carbocycles. The highest BCUT2D eigenvalue weighted by Gasteiger charge is 2.21. The van der Waals surface area contributed by atoms with Gasteiger partial charge in [-0.2, -0.15) is 13.5 Å². The Balaban J connectivity index is 2.27. The second-order valence-electron chi connectivity index (χ2n) is 4.54. The zero-order chi connectivity index (χ0) is 17.7. The summed E-state index contributed by atoms with van der Waals surface area (Å²) >= 11 is 0. The number of esters is 1. The lowest BCUT2D eigenvalue weighted by Crippen LogP contribution is -2.13. The van der Waals surface area contributed by atoms with Crippen LogP contribution < -0.4 is 14.2 Å². The van der Waals surface area contributed by atoms with Gasteiger partial charge in [-0.3, -0.25) is 9.82 Å². The Bertz CT molecular complexity index is 809. The summed E-state index contributed by atoms with van der Waals surface area (Å²) in [5.74, 6) is 0.131. The van der Waals surface area contributed by atoms with Crippen molar-refractivity contribution >= 4 is 21.7 Å². The van der Waals surface area contributed by atoms with Crippen molar-refractivity contribution in [1.82, 2.24) is 10.2 Å². The zero-order valence-electron chi connectivity index (χ0n) is 13.3. The Morgan fingerprint density at radius 1 is 1.17 bits per heavy atom. The summed E-state index contributed by atoms with van der Waals surface area (Å²) in [7, 11) is -1.07. The van der Waals surface area contributed by atoms with E-state index in [-0.39, 0.29) is 23.0 Å². The molecule has 0 amide bonds. The van der Waals surface area contributed by atoms with E-state index in [1.807, 2.05) is 0 Å². The molecule has 10 heteroatoms. The Morgan fingerprint density at radius 3 is 2.33 bits per heavy atom. The summed E-state index contributed by atoms with van der Waals surface area (Å²) in [4.78, 5) is 11.6. The molecule has 0 aliphatic heterocycles. The van der Waals surface area contributed by atoms with Crippen LogP contribution >= 0.6 is 0 Å². The van der Waals surface area contributed by atoms with Crippen LogP contribution in [0.4, 0.5) is 5.69 Å². The average molecular weight is 355 g/mol. The predicted octanol–water partition coefficient (Wildman–Crippen LogP) is 1.40. The highest BCUT2D eigenvalue weighted by Crippen LogP contribution is 2.27. The highest BCUT2D eigenvalue weighted by molar-refractivity contribution is 7.92. The predicted molar refractivity (Wildman–Crippen MR) is 84.9 cm³/mol. The third-order valence-electron chi connectivity index (χ3n) is 2.93. The van der Waals surface area contributed by atoms with Crippen molar-refractivity contribution in [3.05, 3.63) is 30.0 Å². The molecule has 24 heavy (non-hydrogen) atoms. The van der Waals surface area contributed by atoms with Gasteiger partial charge in [-0.05, 0) is 6.92 Å². The van der Waals surface area contributed by atoms with E-state index >= 15 is 0 Å². The smallest absolute Gasteiger partial charge is 0.358 e. The van der Waals surface area contributed by atoms with E-state index in [1.165, 1.54) is 26.4 Å². The number of carbonyl (C=O) groups is 1. The second kappa shape index (κ2) is 7.21. The second-order valence-corrected chi connectivity index (χ2v) is 6.20. The fourth-order valence-electron chi connectivity index (χ4n) is 1.83. The van der Waals surface area contributed by atoms with Crippen molar-refractivity contribution in [2.75, 3.05) is 25.5 Å². The van der Waals surface area contributed by atoms with Crippen molar-refractivity contribution in [1.29, 1.82) is 0 Å². The Hall–Kier alpha value is -2.75. The summed E-state index contributed by atoms with van der Waals surface area (Å²) in [5, 5.41) is 5.67. The number of carbonyl (C=O) groups excluding carboxylic acids is 1. The molecule has 0 unspecified atom stereocenters. The van der Waals surface area contributed by atoms with Crippen molar-refractivity contribution in [2.45, 2.75) is 11.9 Å². The van der Waals surface area contributed by atoms with E-state index in [1.54, 1.807) is 13.0 Å². The van der Waals surface area contributed by atoms with Gasteiger partial charge in [-0.15, -0.1) is 0 Å². The molecule has 130 valence electrons. The van der Waals surface area contributed by atoms with Gasteiger partial charge >= 0.3 is 5.97 Å². The largest absolute Gasteiger partial charge is 0.497 e. The number of ether oxygens (including phenoxy) is 3. The molecule has 1 aromatic heterocycles. The van der Waals surface area contributed by atoms with Gasteiger partial charge in [0, 0.05) is 24.3 Å². The molecule has 9 nitrogen and oxygen atoms in total. The number of nitrogens with one attached hydrogen (secondary N) is 2. The molecule has 0 aliphatic rings. The van der Waals surface area contributed by atoms with Crippen LogP contribution in [0.5, 0.6) is 11.5 Å². The van der Waals surface area contributed by atoms with Crippen LogP contribution in [0.1, 0.15) is 17.4 Å². The number of aromatic nitrogens is 2. The van der Waals surface area contributed by atoms with Gasteiger partial charge in [0.05, 0.1) is 26.5 Å². The maximum Gasteiger partial charge on any atom is 0.358 e. The minimum absolute atomic E-state index is 0.125. The topological polar surface area (TPSA) is 120 Å². The third kappa shape index (κ3) is 3.96. The van der Waals surface area contributed by atoms with Crippen molar-refractivity contribution < 1.29 is 27.4 Å². The third-order valence-corrected chi connectivity index (χ3v) is 4.22. The zero-order valence-corrected chi connectivity index (χ0v) is 14.1. The number of rotatable bonds is 7. The van der Waals surface area contributed by atoms with Gasteiger partial charge in [0.2, 0.25) is 0 Å². The maximum atomic E-state index is 12.4. The van der Waals surface area contributed by atoms with Gasteiger partial charge in [-0.1, -0.05) is 0 Å². The van der Waals surface area contributed by atoms with E-state index in [0.717, 1.165) is 6.07 Å². The minimum atomic E-state index is -3.98. The van der Waals surface area contributed by atoms with E-state index in [0.29, 0.717) is 11.5 Å². The molecule has 0 radical (unpaired) electrons. The van der Waals surface area contributed by atoms with Crippen LogP contribution in [0.15, 0.2) is 29.3 Å². The maximum absolute atomic E-state index is 12.4. The first-order valence-corrected chi connectivity index (χ1v) is 8.36. The van der Waals surface area contributed by atoms with Gasteiger partial charge in [0.25, 0.3) is 10.0 Å². The van der Waals surface area contributed by atoms with E-state index < -0.39 is 16.0 Å². The standard InChI is InChI=1S/C14H17N3O6S/c1-4-23-14(18)12-8-13(16-15-12)24(19,20)17-9-5-10(21-2)7-11(6-9)22-3/h5-8,17H,4H2,1-3H3,(H,15,16). The lowest BCUT2D eigenvalue weighted by atomic mass is 10.3. The quantitative estimate of drug-likeness (QED) is 0.720. The molecule has 2 aromatic rings. The number of hydrogen-bond donors (Lipinski definition) is 2. The van der Waals surface area contributed by atoms with Gasteiger partial charge in [0.15, 0.2) is 10.7 Å². The van der Waals surface area contributed by atoms with Crippen LogP contribution in [-0.4, -0.2) is 45.4 Å². The monoisotopic (exact) mass is 355 g/mol. The van der Waals surface area contributed by atoms with E-state index in [4.69, 9.17) is 14.2 Å². The number of aromatic amines is 1. The lowest BCUT2D eigenvalue weighted by molar-refractivity contribution is 0.0519. The summed E-state index contributed by atoms with van der Waals surface area (Å²) in [5.41, 5.74) is 0.110. The highest BCUT2D eigenvalue weighted by atomic mass is 32.2. The van der Waals surface area contributed by atoms with Crippen molar-refractivity contribution in [3.8, 4) is 11.5 Å². The number of methoxy groups -OCH3 is 2. The number of anilines is 1. The molecule has 0 saturated heterocycles. The van der Waals surface area contributed by atoms with Crippen LogP contribution in [0.2, 0.25) is 0 Å². The molecule has 0 spiro atoms. The number of sulfonamides is 1. The normalized spacial score (nSPS) is 11.0. The van der Waals surface area contributed by atoms with Crippen LogP contribution in [0.25, 0.3) is 0 Å². The van der Waals surface area contributed by atoms with Crippen LogP contribution in [0, 0.1) is 0 Å². The minimum Gasteiger partial charge on any atom is -0.497 e. The Morgan fingerprint density at radius 2 is 1.79 bits per heavy atom. The Kier molecular flexibility index (Phi) is 5.29. The molecule has 0 fully saturated rings. The summed E-state index contributed by atoms with van der Waals surface area (Å²) in [6.07, 6.45) is 0. The summed E-state index contributed by atoms with van der Waals surface area (Å²) < 4.78 is 42.0. The first-order chi connectivity index (χ1) is 11.4. The molecule has 0 atom stereocenters. The molecule has 0 saturated carbocycles. The van der Waals surface area contributed by atoms with Crippen LogP contribution in [-0.2, 0) is 14.8 Å². The fourth-order valence-corrected chi connectivity index (χ4v) is 2.80. The van der Waals surface area contributed by atoms with Gasteiger partial charge in [0.1, 0.15) is 11.5 Å². The molecular weight excluding hydrogens is 338 g/mol. The summed E-state index contributed by atoms with van der Waals surface area (Å²) in [6, 6.07) is 5.68. The van der Waals surface area contributed by atoms with Gasteiger partial charge < -0.3 is 14.2 Å². The molecule has 2 N–H and O–H groups in total. The number of H-pyrrole nitrogens is 1. The first kappa shape index (κ1) is 17.6. The van der Waals surface area contributed by atoms with Crippen molar-refractivity contribution in [3.63, 3.8) is 0 Å². The van der Waals surface area contributed by atoms with Crippen LogP contribution in [0.3, 0.4) is 0 Å². The molecule has 0 aliphatic carbocycles. The SMILES string of the molecule is CCOC(=O)c1cc(S(=O)(=O)Nc2cc(OC)cc(OC)c2)[nH]n1. The average Bonchev–Trinajstić information content (AvgIpc) is 3.05. The first-order valence-electron chi connectivity index (χ1n) is 6.88. The van der Waals surface area contributed by atoms with Gasteiger partial charge in [-0.25, -0.2) is 4.79 Å². The number of benzene rings is 1. The number of nitrogens with zero attached hydrogens (tertiary/aromatic N) is 1. The fraction of sp³-hybridized carbons (Fsp3) is 0.286. The Labute approximate surface area is 139 Å². The van der Waals surface area contributed by atoms with E-state index in [9.17, 15) is 13.2 Å².